The molecule has 1 aromatic rings. The summed E-state index contributed by atoms with van der Waals surface area (Å²) in [6.45, 7) is 2.55. The molecule has 0 aliphatic carbocycles. The third-order valence-corrected chi connectivity index (χ3v) is 4.60. The average Bonchev–Trinajstić information content (AvgIpc) is 3.02. The lowest BCUT2D eigenvalue weighted by Gasteiger charge is -2.20. The number of nitrogens with one attached hydrogen (secondary N) is 2. The average molecular weight is 524 g/mol. The van der Waals surface area contributed by atoms with Crippen molar-refractivity contribution in [2.75, 3.05) is 45.7 Å². The summed E-state index contributed by atoms with van der Waals surface area (Å²) in [6, 6.07) is 8.75. The molecule has 0 radical (unpaired) electrons. The van der Waals surface area contributed by atoms with Crippen LogP contribution in [0.15, 0.2) is 33.7 Å². The number of amides is 1. The van der Waals surface area contributed by atoms with Crippen LogP contribution >= 0.6 is 39.9 Å². The highest BCUT2D eigenvalue weighted by Crippen LogP contribution is 2.22. The van der Waals surface area contributed by atoms with E-state index in [2.05, 4.69) is 60.7 Å². The van der Waals surface area contributed by atoms with Gasteiger partial charge in [-0.1, -0.05) is 15.9 Å². The summed E-state index contributed by atoms with van der Waals surface area (Å²) in [4.78, 5) is 19.8. The molecule has 6 nitrogen and oxygen atoms in total. The van der Waals surface area contributed by atoms with Crippen molar-refractivity contribution in [3.05, 3.63) is 28.7 Å². The van der Waals surface area contributed by atoms with Crippen LogP contribution in [-0.4, -0.2) is 63.6 Å². The van der Waals surface area contributed by atoms with Crippen LogP contribution < -0.4 is 15.5 Å². The number of benzene rings is 1. The van der Waals surface area contributed by atoms with Crippen LogP contribution in [0.5, 0.6) is 0 Å². The van der Waals surface area contributed by atoms with Crippen molar-refractivity contribution < 1.29 is 4.79 Å². The molecule has 1 saturated heterocycles. The third kappa shape index (κ3) is 7.01. The van der Waals surface area contributed by atoms with Gasteiger partial charge >= 0.3 is 0 Å². The van der Waals surface area contributed by atoms with E-state index >= 15 is 0 Å². The maximum absolute atomic E-state index is 11.6. The molecule has 1 unspecified atom stereocenters. The fourth-order valence-corrected chi connectivity index (χ4v) is 2.93. The van der Waals surface area contributed by atoms with Crippen molar-refractivity contribution in [1.29, 1.82) is 0 Å². The normalized spacial score (nSPS) is 17.0. The van der Waals surface area contributed by atoms with Crippen LogP contribution in [0.2, 0.25) is 0 Å². The molecule has 0 aromatic heterocycles. The van der Waals surface area contributed by atoms with Crippen LogP contribution in [0.4, 0.5) is 5.69 Å². The monoisotopic (exact) mass is 523 g/mol. The van der Waals surface area contributed by atoms with E-state index in [9.17, 15) is 4.79 Å². The molecule has 2 N–H and O–H groups in total. The van der Waals surface area contributed by atoms with E-state index in [0.717, 1.165) is 29.9 Å². The highest BCUT2D eigenvalue weighted by molar-refractivity contribution is 14.0. The van der Waals surface area contributed by atoms with E-state index < -0.39 is 0 Å². The summed E-state index contributed by atoms with van der Waals surface area (Å²) in [7, 11) is 5.29. The van der Waals surface area contributed by atoms with Gasteiger partial charge in [-0.2, -0.15) is 0 Å². The van der Waals surface area contributed by atoms with Crippen LogP contribution in [0.25, 0.3) is 0 Å². The van der Waals surface area contributed by atoms with Crippen molar-refractivity contribution in [2.24, 2.45) is 4.99 Å². The van der Waals surface area contributed by atoms with E-state index in [1.165, 1.54) is 5.69 Å². The summed E-state index contributed by atoms with van der Waals surface area (Å²) in [5.41, 5.74) is 1.24. The van der Waals surface area contributed by atoms with Gasteiger partial charge in [-0.25, -0.2) is 0 Å². The number of guanidine groups is 1. The van der Waals surface area contributed by atoms with Crippen molar-refractivity contribution in [3.8, 4) is 0 Å². The van der Waals surface area contributed by atoms with E-state index in [1.54, 1.807) is 26.0 Å². The number of nitrogens with zero attached hydrogens (tertiary/aromatic N) is 3. The standard InChI is InChI=1S/C17H26BrN5O.HI/c1-19-17(20-10-8-16(24)22(2)3)21-14-9-11-23(12-14)15-6-4-13(18)5-7-15;/h4-7,14H,8-12H2,1-3H3,(H2,19,20,21);1H. The second-order valence-electron chi connectivity index (χ2n) is 6.09. The number of hydrogen-bond acceptors (Lipinski definition) is 3. The minimum Gasteiger partial charge on any atom is -0.369 e. The minimum absolute atomic E-state index is 0. The Labute approximate surface area is 175 Å². The lowest BCUT2D eigenvalue weighted by molar-refractivity contribution is -0.128. The van der Waals surface area contributed by atoms with Gasteiger partial charge in [-0.3, -0.25) is 9.79 Å². The number of hydrogen-bond donors (Lipinski definition) is 2. The molecule has 8 heteroatoms. The number of rotatable bonds is 5. The molecule has 140 valence electrons. The van der Waals surface area contributed by atoms with Gasteiger partial charge in [0.25, 0.3) is 0 Å². The van der Waals surface area contributed by atoms with Crippen molar-refractivity contribution in [2.45, 2.75) is 18.9 Å². The van der Waals surface area contributed by atoms with Crippen molar-refractivity contribution in [1.82, 2.24) is 15.5 Å². The van der Waals surface area contributed by atoms with Gasteiger partial charge < -0.3 is 20.4 Å². The largest absolute Gasteiger partial charge is 0.369 e. The SMILES string of the molecule is CN=C(NCCC(=O)N(C)C)NC1CCN(c2ccc(Br)cc2)C1.I. The Hall–Kier alpha value is -1.03. The number of carbonyl (C=O) groups is 1. The van der Waals surface area contributed by atoms with Gasteiger partial charge in [0.1, 0.15) is 0 Å². The van der Waals surface area contributed by atoms with E-state index in [-0.39, 0.29) is 29.9 Å². The second kappa shape index (κ2) is 10.8. The third-order valence-electron chi connectivity index (χ3n) is 4.07. The molecule has 1 aromatic carbocycles. The minimum atomic E-state index is 0. The maximum Gasteiger partial charge on any atom is 0.223 e. The summed E-state index contributed by atoms with van der Waals surface area (Å²) >= 11 is 3.47. The first-order chi connectivity index (χ1) is 11.5. The molecule has 1 fully saturated rings. The van der Waals surface area contributed by atoms with Gasteiger partial charge in [0.2, 0.25) is 5.91 Å². The Morgan fingerprint density at radius 2 is 2.04 bits per heavy atom. The van der Waals surface area contributed by atoms with Crippen LogP contribution in [0, 0.1) is 0 Å². The van der Waals surface area contributed by atoms with Gasteiger partial charge in [0.15, 0.2) is 5.96 Å². The molecule has 0 spiro atoms. The van der Waals surface area contributed by atoms with E-state index in [0.29, 0.717) is 19.0 Å². The summed E-state index contributed by atoms with van der Waals surface area (Å²) in [5, 5.41) is 6.65. The molecule has 25 heavy (non-hydrogen) atoms. The molecule has 0 bridgehead atoms. The topological polar surface area (TPSA) is 60.0 Å². The highest BCUT2D eigenvalue weighted by atomic mass is 127. The summed E-state index contributed by atoms with van der Waals surface area (Å²) in [6.07, 6.45) is 1.52. The molecular formula is C17H27BrIN5O. The quantitative estimate of drug-likeness (QED) is 0.353. The zero-order valence-corrected chi connectivity index (χ0v) is 18.9. The molecule has 0 saturated carbocycles. The van der Waals surface area contributed by atoms with Gasteiger partial charge in [0.05, 0.1) is 0 Å². The molecule has 1 heterocycles. The van der Waals surface area contributed by atoms with Crippen LogP contribution in [0.3, 0.4) is 0 Å². The fraction of sp³-hybridized carbons (Fsp3) is 0.529. The Morgan fingerprint density at radius 1 is 1.36 bits per heavy atom. The zero-order chi connectivity index (χ0) is 17.5. The predicted molar refractivity (Wildman–Crippen MR) is 118 cm³/mol. The lowest BCUT2D eigenvalue weighted by Crippen LogP contribution is -2.45. The lowest BCUT2D eigenvalue weighted by atomic mass is 10.2. The summed E-state index contributed by atoms with van der Waals surface area (Å²) in [5.74, 6) is 0.865. The van der Waals surface area contributed by atoms with Crippen molar-refractivity contribution in [3.63, 3.8) is 0 Å². The molecule has 1 atom stereocenters. The Balaban J connectivity index is 0.00000312. The molecular weight excluding hydrogens is 497 g/mol. The second-order valence-corrected chi connectivity index (χ2v) is 7.01. The first kappa shape index (κ1) is 22.0. The first-order valence-corrected chi connectivity index (χ1v) is 8.96. The zero-order valence-electron chi connectivity index (χ0n) is 15.0. The predicted octanol–water partition coefficient (Wildman–Crippen LogP) is 2.29. The Kier molecular flexibility index (Phi) is 9.55. The Morgan fingerprint density at radius 3 is 2.64 bits per heavy atom. The number of halogens is 2. The number of aliphatic imine (C=N–C) groups is 1. The van der Waals surface area contributed by atoms with Crippen LogP contribution in [-0.2, 0) is 4.79 Å². The maximum atomic E-state index is 11.6. The highest BCUT2D eigenvalue weighted by Gasteiger charge is 2.23. The fourth-order valence-electron chi connectivity index (χ4n) is 2.66. The molecule has 1 aliphatic rings. The first-order valence-electron chi connectivity index (χ1n) is 8.17. The van der Waals surface area contributed by atoms with Gasteiger partial charge in [-0.05, 0) is 30.7 Å². The van der Waals surface area contributed by atoms with E-state index in [1.807, 2.05) is 0 Å². The van der Waals surface area contributed by atoms with Gasteiger partial charge in [-0.15, -0.1) is 24.0 Å². The molecule has 2 rings (SSSR count). The van der Waals surface area contributed by atoms with E-state index in [4.69, 9.17) is 0 Å². The number of carbonyl (C=O) groups excluding carboxylic acids is 1. The van der Waals surface area contributed by atoms with Gasteiger partial charge in [0, 0.05) is 63.4 Å². The Bertz CT molecular complexity index is 579. The van der Waals surface area contributed by atoms with Crippen molar-refractivity contribution >= 4 is 57.5 Å². The van der Waals surface area contributed by atoms with Crippen LogP contribution in [0.1, 0.15) is 12.8 Å². The molecule has 1 aliphatic heterocycles. The smallest absolute Gasteiger partial charge is 0.223 e. The summed E-state index contributed by atoms with van der Waals surface area (Å²) < 4.78 is 1.09. The number of anilines is 1. The molecule has 1 amide bonds.